The topological polar surface area (TPSA) is 96.5 Å². The molecule has 4 rings (SSSR count). The summed E-state index contributed by atoms with van der Waals surface area (Å²) in [7, 11) is 0. The van der Waals surface area contributed by atoms with Crippen LogP contribution in [0.1, 0.15) is 36.0 Å². The molecule has 1 aliphatic rings. The number of benzene rings is 1. The number of rotatable bonds is 6. The minimum Gasteiger partial charge on any atom is -0.440 e. The molecular weight excluding hydrogens is 394 g/mol. The quantitative estimate of drug-likeness (QED) is 0.619. The van der Waals surface area contributed by atoms with Crippen LogP contribution in [0.25, 0.3) is 23.3 Å². The van der Waals surface area contributed by atoms with Crippen LogP contribution in [0.2, 0.25) is 0 Å². The summed E-state index contributed by atoms with van der Waals surface area (Å²) in [4.78, 5) is 34.5. The van der Waals surface area contributed by atoms with E-state index in [4.69, 9.17) is 9.52 Å². The summed E-state index contributed by atoms with van der Waals surface area (Å²) in [5.41, 5.74) is 2.86. The van der Waals surface area contributed by atoms with E-state index in [0.717, 1.165) is 29.8 Å². The van der Waals surface area contributed by atoms with E-state index in [0.29, 0.717) is 24.5 Å². The third-order valence-corrected chi connectivity index (χ3v) is 5.25. The zero-order valence-corrected chi connectivity index (χ0v) is 17.0. The third kappa shape index (κ3) is 5.13. The molecule has 2 aromatic heterocycles. The van der Waals surface area contributed by atoms with Gasteiger partial charge in [0.25, 0.3) is 0 Å². The summed E-state index contributed by atoms with van der Waals surface area (Å²) in [6.07, 6.45) is 7.62. The number of aliphatic hydroxyl groups is 1. The van der Waals surface area contributed by atoms with Crippen LogP contribution in [0.5, 0.6) is 0 Å². The number of hydrogen-bond acceptors (Lipinski definition) is 6. The lowest BCUT2D eigenvalue weighted by molar-refractivity contribution is -0.127. The van der Waals surface area contributed by atoms with Crippen LogP contribution in [-0.2, 0) is 9.59 Å². The van der Waals surface area contributed by atoms with Gasteiger partial charge in [-0.15, -0.1) is 0 Å². The molecule has 0 unspecified atom stereocenters. The van der Waals surface area contributed by atoms with Crippen molar-refractivity contribution in [3.63, 3.8) is 0 Å². The predicted molar refractivity (Wildman–Crippen MR) is 117 cm³/mol. The zero-order valence-electron chi connectivity index (χ0n) is 17.0. The van der Waals surface area contributed by atoms with Gasteiger partial charge < -0.3 is 14.4 Å². The summed E-state index contributed by atoms with van der Waals surface area (Å²) >= 11 is 0. The number of pyridine rings is 1. The maximum Gasteiger partial charge on any atom is 0.246 e. The molecule has 7 heteroatoms. The van der Waals surface area contributed by atoms with Crippen LogP contribution in [0.3, 0.4) is 0 Å². The highest BCUT2D eigenvalue weighted by atomic mass is 16.3. The smallest absolute Gasteiger partial charge is 0.246 e. The molecule has 1 N–H and O–H groups in total. The number of aromatic nitrogens is 2. The number of ketones is 1. The van der Waals surface area contributed by atoms with E-state index < -0.39 is 6.61 Å². The number of aliphatic hydroxyl groups excluding tert-OH is 1. The predicted octanol–water partition coefficient (Wildman–Crippen LogP) is 3.22. The Kier molecular flexibility index (Phi) is 6.33. The average Bonchev–Trinajstić information content (AvgIpc) is 3.26. The Morgan fingerprint density at radius 1 is 1.00 bits per heavy atom. The van der Waals surface area contributed by atoms with Crippen LogP contribution >= 0.6 is 0 Å². The first kappa shape index (κ1) is 20.7. The highest BCUT2D eigenvalue weighted by Crippen LogP contribution is 2.30. The monoisotopic (exact) mass is 417 g/mol. The largest absolute Gasteiger partial charge is 0.440 e. The fourth-order valence-corrected chi connectivity index (χ4v) is 3.56. The molecule has 1 aromatic carbocycles. The minimum absolute atomic E-state index is 0.0609. The number of fused-ring (bicyclic) bond motifs is 1. The Morgan fingerprint density at radius 2 is 1.71 bits per heavy atom. The Morgan fingerprint density at radius 3 is 2.42 bits per heavy atom. The van der Waals surface area contributed by atoms with E-state index >= 15 is 0 Å². The second-order valence-corrected chi connectivity index (χ2v) is 7.40. The number of nitrogens with zero attached hydrogens (tertiary/aromatic N) is 3. The van der Waals surface area contributed by atoms with Gasteiger partial charge in [0.05, 0.1) is 11.4 Å². The summed E-state index contributed by atoms with van der Waals surface area (Å²) < 4.78 is 5.88. The zero-order chi connectivity index (χ0) is 21.6. The van der Waals surface area contributed by atoms with Gasteiger partial charge in [0.1, 0.15) is 12.1 Å². The Bertz CT molecular complexity index is 1110. The van der Waals surface area contributed by atoms with Crippen LogP contribution in [0, 0.1) is 0 Å². The van der Waals surface area contributed by atoms with Crippen molar-refractivity contribution in [2.75, 3.05) is 19.7 Å². The van der Waals surface area contributed by atoms with Gasteiger partial charge in [-0.1, -0.05) is 18.2 Å². The molecule has 0 saturated carbocycles. The number of carbonyl (C=O) groups is 2. The van der Waals surface area contributed by atoms with Gasteiger partial charge in [0.2, 0.25) is 5.91 Å². The Hall–Kier alpha value is -3.58. The van der Waals surface area contributed by atoms with E-state index in [2.05, 4.69) is 9.97 Å². The molecule has 3 heterocycles. The van der Waals surface area contributed by atoms with Gasteiger partial charge in [0, 0.05) is 25.1 Å². The first-order chi connectivity index (χ1) is 15.1. The number of piperidine rings is 1. The number of carbonyl (C=O) groups excluding carboxylic acids is 2. The van der Waals surface area contributed by atoms with Crippen LogP contribution in [-0.4, -0.2) is 51.4 Å². The lowest BCUT2D eigenvalue weighted by Gasteiger charge is -2.29. The Labute approximate surface area is 179 Å². The average molecular weight is 417 g/mol. The number of amides is 1. The highest BCUT2D eigenvalue weighted by Gasteiger charge is 2.26. The van der Waals surface area contributed by atoms with Crippen molar-refractivity contribution in [1.82, 2.24) is 14.9 Å². The van der Waals surface area contributed by atoms with E-state index in [1.165, 1.54) is 18.2 Å². The SMILES string of the molecule is O=C(/C=C/c1cccc(/C=C/C(=O)N2CCC(c3nc4ccccc4o3)CC2)n1)CO. The van der Waals surface area contributed by atoms with Crippen molar-refractivity contribution in [2.24, 2.45) is 0 Å². The highest BCUT2D eigenvalue weighted by molar-refractivity contribution is 5.94. The first-order valence-electron chi connectivity index (χ1n) is 10.2. The minimum atomic E-state index is -0.534. The van der Waals surface area contributed by atoms with E-state index in [1.54, 1.807) is 24.3 Å². The van der Waals surface area contributed by atoms with Crippen LogP contribution < -0.4 is 0 Å². The Balaban J connectivity index is 1.34. The molecule has 3 aromatic rings. The normalized spacial score (nSPS) is 15.3. The molecule has 0 spiro atoms. The third-order valence-electron chi connectivity index (χ3n) is 5.25. The number of likely N-dealkylation sites (tertiary alicyclic amines) is 1. The van der Waals surface area contributed by atoms with Crippen molar-refractivity contribution in [3.05, 3.63) is 71.9 Å². The van der Waals surface area contributed by atoms with E-state index in [9.17, 15) is 9.59 Å². The second kappa shape index (κ2) is 9.49. The fraction of sp³-hybridized carbons (Fsp3) is 0.250. The molecule has 0 radical (unpaired) electrons. The lowest BCUT2D eigenvalue weighted by atomic mass is 9.96. The van der Waals surface area contributed by atoms with Gasteiger partial charge in [-0.2, -0.15) is 0 Å². The number of oxazole rings is 1. The molecule has 1 saturated heterocycles. The summed E-state index contributed by atoms with van der Waals surface area (Å²) in [5.74, 6) is 0.512. The van der Waals surface area contributed by atoms with Gasteiger partial charge in [-0.3, -0.25) is 9.59 Å². The fourth-order valence-electron chi connectivity index (χ4n) is 3.56. The van der Waals surface area contributed by atoms with Gasteiger partial charge in [0.15, 0.2) is 17.3 Å². The van der Waals surface area contributed by atoms with Crippen molar-refractivity contribution >= 4 is 34.9 Å². The van der Waals surface area contributed by atoms with E-state index in [1.807, 2.05) is 29.2 Å². The molecule has 1 fully saturated rings. The molecule has 1 aliphatic heterocycles. The van der Waals surface area contributed by atoms with Gasteiger partial charge in [-0.05, 0) is 55.3 Å². The first-order valence-corrected chi connectivity index (χ1v) is 10.2. The molecule has 0 atom stereocenters. The molecule has 1 amide bonds. The maximum absolute atomic E-state index is 12.6. The van der Waals surface area contributed by atoms with Crippen molar-refractivity contribution < 1.29 is 19.1 Å². The number of para-hydroxylation sites is 2. The molecule has 7 nitrogen and oxygen atoms in total. The van der Waals surface area contributed by atoms with Gasteiger partial charge in [-0.25, -0.2) is 9.97 Å². The van der Waals surface area contributed by atoms with Crippen molar-refractivity contribution in [3.8, 4) is 0 Å². The van der Waals surface area contributed by atoms with Gasteiger partial charge >= 0.3 is 0 Å². The molecule has 0 bridgehead atoms. The molecule has 31 heavy (non-hydrogen) atoms. The standard InChI is InChI=1S/C24H23N3O4/c28-16-20(29)10-8-18-4-3-5-19(25-18)9-11-23(30)27-14-12-17(13-15-27)24-26-21-6-1-2-7-22(21)31-24/h1-11,17,28H,12-16H2/b10-8+,11-9+. The molecule has 0 aliphatic carbocycles. The van der Waals surface area contributed by atoms with E-state index in [-0.39, 0.29) is 17.6 Å². The lowest BCUT2D eigenvalue weighted by Crippen LogP contribution is -2.36. The molecule has 158 valence electrons. The summed E-state index contributed by atoms with van der Waals surface area (Å²) in [5, 5.41) is 8.77. The van der Waals surface area contributed by atoms with Crippen molar-refractivity contribution in [2.45, 2.75) is 18.8 Å². The second-order valence-electron chi connectivity index (χ2n) is 7.40. The summed E-state index contributed by atoms with van der Waals surface area (Å²) in [6.45, 7) is 0.756. The summed E-state index contributed by atoms with van der Waals surface area (Å²) in [6, 6.07) is 13.1. The number of hydrogen-bond donors (Lipinski definition) is 1. The van der Waals surface area contributed by atoms with Crippen molar-refractivity contribution in [1.29, 1.82) is 0 Å². The van der Waals surface area contributed by atoms with Crippen LogP contribution in [0.4, 0.5) is 0 Å². The molecular formula is C24H23N3O4. The van der Waals surface area contributed by atoms with Crippen LogP contribution in [0.15, 0.2) is 59.0 Å². The maximum atomic E-state index is 12.6.